The van der Waals surface area contributed by atoms with E-state index in [1.54, 1.807) is 11.3 Å². The van der Waals surface area contributed by atoms with E-state index in [2.05, 4.69) is 82.2 Å². The molecule has 0 aliphatic carbocycles. The SMILES string of the molecule is CCNC(Cc1cc(C)ccc1C)c1cc(Br)c(Br)s1. The molecule has 0 amide bonds. The van der Waals surface area contributed by atoms with Crippen LogP contribution in [0.3, 0.4) is 0 Å². The molecule has 0 radical (unpaired) electrons. The maximum atomic E-state index is 3.60. The van der Waals surface area contributed by atoms with Crippen LogP contribution in [0.5, 0.6) is 0 Å². The predicted octanol–water partition coefficient (Wildman–Crippen LogP) is 5.78. The van der Waals surface area contributed by atoms with Gasteiger partial charge < -0.3 is 5.32 Å². The first-order valence-corrected chi connectivity index (χ1v) is 9.15. The fourth-order valence-corrected chi connectivity index (χ4v) is 4.46. The number of halogens is 2. The van der Waals surface area contributed by atoms with E-state index in [0.29, 0.717) is 6.04 Å². The first-order chi connectivity index (χ1) is 9.51. The second-order valence-electron chi connectivity index (χ2n) is 5.01. The number of hydrogen-bond donors (Lipinski definition) is 1. The Hall–Kier alpha value is -0.160. The standard InChI is InChI=1S/C16H19Br2NS/c1-4-19-14(15-9-13(17)16(18)20-15)8-12-7-10(2)5-6-11(12)3/h5-7,9,14,19H,4,8H2,1-3H3. The zero-order valence-electron chi connectivity index (χ0n) is 12.0. The van der Waals surface area contributed by atoms with Crippen molar-refractivity contribution in [1.29, 1.82) is 0 Å². The molecule has 1 atom stereocenters. The average Bonchev–Trinajstić information content (AvgIpc) is 2.73. The molecule has 0 saturated heterocycles. The summed E-state index contributed by atoms with van der Waals surface area (Å²) in [5.74, 6) is 0. The highest BCUT2D eigenvalue weighted by atomic mass is 79.9. The van der Waals surface area contributed by atoms with Crippen LogP contribution in [0.1, 0.15) is 34.5 Å². The lowest BCUT2D eigenvalue weighted by molar-refractivity contribution is 0.557. The van der Waals surface area contributed by atoms with E-state index in [0.717, 1.165) is 21.2 Å². The lowest BCUT2D eigenvalue weighted by Crippen LogP contribution is -2.22. The van der Waals surface area contributed by atoms with Gasteiger partial charge in [0.2, 0.25) is 0 Å². The third-order valence-electron chi connectivity index (χ3n) is 3.39. The van der Waals surface area contributed by atoms with Crippen molar-refractivity contribution in [3.63, 3.8) is 0 Å². The highest BCUT2D eigenvalue weighted by molar-refractivity contribution is 9.13. The van der Waals surface area contributed by atoms with Crippen molar-refractivity contribution < 1.29 is 0 Å². The number of thiophene rings is 1. The van der Waals surface area contributed by atoms with E-state index in [-0.39, 0.29) is 0 Å². The quantitative estimate of drug-likeness (QED) is 0.650. The van der Waals surface area contributed by atoms with Crippen LogP contribution in [0.4, 0.5) is 0 Å². The number of nitrogens with one attached hydrogen (secondary N) is 1. The average molecular weight is 417 g/mol. The van der Waals surface area contributed by atoms with E-state index in [4.69, 9.17) is 0 Å². The molecule has 1 unspecified atom stereocenters. The summed E-state index contributed by atoms with van der Waals surface area (Å²) < 4.78 is 2.30. The molecule has 2 aromatic rings. The number of benzene rings is 1. The third kappa shape index (κ3) is 3.94. The summed E-state index contributed by atoms with van der Waals surface area (Å²) in [5, 5.41) is 3.60. The first kappa shape index (κ1) is 16.2. The smallest absolute Gasteiger partial charge is 0.0843 e. The predicted molar refractivity (Wildman–Crippen MR) is 95.8 cm³/mol. The second kappa shape index (κ2) is 7.21. The summed E-state index contributed by atoms with van der Waals surface area (Å²) in [4.78, 5) is 1.37. The molecular weight excluding hydrogens is 398 g/mol. The van der Waals surface area contributed by atoms with Gasteiger partial charge in [-0.2, -0.15) is 0 Å². The Morgan fingerprint density at radius 3 is 2.55 bits per heavy atom. The molecule has 1 aromatic heterocycles. The summed E-state index contributed by atoms with van der Waals surface area (Å²) >= 11 is 8.97. The van der Waals surface area contributed by atoms with Crippen LogP contribution >= 0.6 is 43.2 Å². The Bertz CT molecular complexity index is 573. The Kier molecular flexibility index (Phi) is 5.84. The number of hydrogen-bond acceptors (Lipinski definition) is 2. The highest BCUT2D eigenvalue weighted by Gasteiger charge is 2.16. The van der Waals surface area contributed by atoms with Gasteiger partial charge in [-0.25, -0.2) is 0 Å². The minimum Gasteiger partial charge on any atom is -0.309 e. The van der Waals surface area contributed by atoms with E-state index in [1.807, 2.05) is 0 Å². The van der Waals surface area contributed by atoms with Crippen molar-refractivity contribution in [2.75, 3.05) is 6.54 Å². The van der Waals surface area contributed by atoms with Gasteiger partial charge in [0, 0.05) is 15.4 Å². The van der Waals surface area contributed by atoms with Gasteiger partial charge >= 0.3 is 0 Å². The number of rotatable bonds is 5. The molecule has 1 heterocycles. The first-order valence-electron chi connectivity index (χ1n) is 6.75. The maximum Gasteiger partial charge on any atom is 0.0843 e. The van der Waals surface area contributed by atoms with Gasteiger partial charge in [-0.3, -0.25) is 0 Å². The summed E-state index contributed by atoms with van der Waals surface area (Å²) in [6, 6.07) is 9.28. The molecule has 0 fully saturated rings. The van der Waals surface area contributed by atoms with Crippen LogP contribution in [0.25, 0.3) is 0 Å². The van der Waals surface area contributed by atoms with Gasteiger partial charge in [0.15, 0.2) is 0 Å². The normalized spacial score (nSPS) is 12.7. The topological polar surface area (TPSA) is 12.0 Å². The fourth-order valence-electron chi connectivity index (χ4n) is 2.29. The van der Waals surface area contributed by atoms with Crippen LogP contribution < -0.4 is 5.32 Å². The molecule has 108 valence electrons. The molecule has 0 aliphatic rings. The minimum atomic E-state index is 0.369. The monoisotopic (exact) mass is 415 g/mol. The molecule has 20 heavy (non-hydrogen) atoms. The maximum absolute atomic E-state index is 3.60. The van der Waals surface area contributed by atoms with E-state index >= 15 is 0 Å². The fraction of sp³-hybridized carbons (Fsp3) is 0.375. The zero-order valence-corrected chi connectivity index (χ0v) is 16.0. The van der Waals surface area contributed by atoms with Crippen molar-refractivity contribution in [2.45, 2.75) is 33.2 Å². The Morgan fingerprint density at radius 2 is 1.95 bits per heavy atom. The molecule has 2 rings (SSSR count). The highest BCUT2D eigenvalue weighted by Crippen LogP contribution is 2.36. The van der Waals surface area contributed by atoms with Gasteiger partial charge in [0.25, 0.3) is 0 Å². The van der Waals surface area contributed by atoms with Crippen molar-refractivity contribution in [2.24, 2.45) is 0 Å². The molecule has 1 N–H and O–H groups in total. The molecule has 0 spiro atoms. The van der Waals surface area contributed by atoms with Crippen LogP contribution in [-0.2, 0) is 6.42 Å². The Balaban J connectivity index is 2.27. The van der Waals surface area contributed by atoms with E-state index in [1.165, 1.54) is 21.6 Å². The molecule has 0 saturated carbocycles. The summed E-state index contributed by atoms with van der Waals surface area (Å²) in [6.07, 6.45) is 1.03. The lowest BCUT2D eigenvalue weighted by atomic mass is 9.98. The summed E-state index contributed by atoms with van der Waals surface area (Å²) in [7, 11) is 0. The lowest BCUT2D eigenvalue weighted by Gasteiger charge is -2.18. The van der Waals surface area contributed by atoms with Crippen molar-refractivity contribution in [1.82, 2.24) is 5.32 Å². The third-order valence-corrected chi connectivity index (χ3v) is 6.76. The zero-order chi connectivity index (χ0) is 14.7. The van der Waals surface area contributed by atoms with Crippen molar-refractivity contribution in [3.05, 3.63) is 54.1 Å². The number of likely N-dealkylation sites (N-methyl/N-ethyl adjacent to an activating group) is 1. The van der Waals surface area contributed by atoms with Gasteiger partial charge in [-0.05, 0) is 75.9 Å². The molecule has 4 heteroatoms. The van der Waals surface area contributed by atoms with Crippen molar-refractivity contribution in [3.8, 4) is 0 Å². The summed E-state index contributed by atoms with van der Waals surface area (Å²) in [5.41, 5.74) is 4.12. The molecule has 0 aliphatic heterocycles. The summed E-state index contributed by atoms with van der Waals surface area (Å²) in [6.45, 7) is 7.48. The molecule has 1 nitrogen and oxygen atoms in total. The van der Waals surface area contributed by atoms with Crippen LogP contribution in [0.2, 0.25) is 0 Å². The second-order valence-corrected chi connectivity index (χ2v) is 8.27. The van der Waals surface area contributed by atoms with Crippen molar-refractivity contribution >= 4 is 43.2 Å². The van der Waals surface area contributed by atoms with Gasteiger partial charge in [0.05, 0.1) is 3.79 Å². The van der Waals surface area contributed by atoms with E-state index < -0.39 is 0 Å². The van der Waals surface area contributed by atoms with Crippen LogP contribution in [0.15, 0.2) is 32.5 Å². The number of aryl methyl sites for hydroxylation is 2. The Morgan fingerprint density at radius 1 is 1.20 bits per heavy atom. The molecule has 1 aromatic carbocycles. The van der Waals surface area contributed by atoms with Crippen LogP contribution in [-0.4, -0.2) is 6.54 Å². The molecule has 0 bridgehead atoms. The van der Waals surface area contributed by atoms with E-state index in [9.17, 15) is 0 Å². The van der Waals surface area contributed by atoms with Gasteiger partial charge in [-0.1, -0.05) is 30.7 Å². The van der Waals surface area contributed by atoms with Gasteiger partial charge in [-0.15, -0.1) is 11.3 Å². The van der Waals surface area contributed by atoms with Crippen LogP contribution in [0, 0.1) is 13.8 Å². The largest absolute Gasteiger partial charge is 0.309 e. The van der Waals surface area contributed by atoms with Gasteiger partial charge in [0.1, 0.15) is 0 Å². The Labute approximate surface area is 142 Å². The molecular formula is C16H19Br2NS. The minimum absolute atomic E-state index is 0.369.